The Labute approximate surface area is 84.2 Å². The lowest BCUT2D eigenvalue weighted by molar-refractivity contribution is 0.509. The molecule has 0 amide bonds. The lowest BCUT2D eigenvalue weighted by atomic mass is 10.2. The van der Waals surface area contributed by atoms with Gasteiger partial charge < -0.3 is 9.47 Å². The van der Waals surface area contributed by atoms with Crippen LogP contribution in [-0.4, -0.2) is 23.6 Å². The van der Waals surface area contributed by atoms with E-state index >= 15 is 0 Å². The summed E-state index contributed by atoms with van der Waals surface area (Å²) in [6, 6.07) is 0. The summed E-state index contributed by atoms with van der Waals surface area (Å²) >= 11 is 0. The zero-order valence-electron chi connectivity index (χ0n) is 9.19. The molecule has 4 nitrogen and oxygen atoms in total. The maximum atomic E-state index is 11.8. The van der Waals surface area contributed by atoms with Gasteiger partial charge in [-0.2, -0.15) is 0 Å². The maximum Gasteiger partial charge on any atom is 0.293 e. The number of hydrogen-bond acceptors (Lipinski definition) is 3. The highest BCUT2D eigenvalue weighted by Crippen LogP contribution is 2.00. The standard InChI is InChI=1S/C10H17N3O/c1-8(2)7-13-6-5-11-9(10(13)14)12(3)4/h5-6,8H,7H2,1-4H3. The lowest BCUT2D eigenvalue weighted by Gasteiger charge is -2.13. The van der Waals surface area contributed by atoms with Gasteiger partial charge >= 0.3 is 0 Å². The van der Waals surface area contributed by atoms with E-state index in [1.165, 1.54) is 0 Å². The molecule has 1 rings (SSSR count). The van der Waals surface area contributed by atoms with Crippen molar-refractivity contribution < 1.29 is 0 Å². The predicted molar refractivity (Wildman–Crippen MR) is 57.7 cm³/mol. The fourth-order valence-corrected chi connectivity index (χ4v) is 1.28. The third-order valence-corrected chi connectivity index (χ3v) is 1.88. The van der Waals surface area contributed by atoms with E-state index in [1.54, 1.807) is 21.9 Å². The molecule has 0 atom stereocenters. The van der Waals surface area contributed by atoms with E-state index in [1.807, 2.05) is 14.1 Å². The van der Waals surface area contributed by atoms with E-state index in [2.05, 4.69) is 18.8 Å². The number of nitrogens with zero attached hydrogens (tertiary/aromatic N) is 3. The van der Waals surface area contributed by atoms with Gasteiger partial charge in [-0.3, -0.25) is 4.79 Å². The summed E-state index contributed by atoms with van der Waals surface area (Å²) in [5.74, 6) is 0.957. The second-order valence-electron chi connectivity index (χ2n) is 4.00. The summed E-state index contributed by atoms with van der Waals surface area (Å²) < 4.78 is 1.70. The van der Waals surface area contributed by atoms with Crippen LogP contribution in [0.4, 0.5) is 5.82 Å². The molecule has 0 aliphatic rings. The fraction of sp³-hybridized carbons (Fsp3) is 0.600. The van der Waals surface area contributed by atoms with Crippen LogP contribution in [0.5, 0.6) is 0 Å². The van der Waals surface area contributed by atoms with Crippen molar-refractivity contribution >= 4 is 5.82 Å². The van der Waals surface area contributed by atoms with Crippen molar-refractivity contribution in [2.45, 2.75) is 20.4 Å². The Morgan fingerprint density at radius 3 is 2.64 bits per heavy atom. The monoisotopic (exact) mass is 195 g/mol. The van der Waals surface area contributed by atoms with Crippen LogP contribution in [0.2, 0.25) is 0 Å². The maximum absolute atomic E-state index is 11.8. The Morgan fingerprint density at radius 1 is 1.50 bits per heavy atom. The van der Waals surface area contributed by atoms with Crippen LogP contribution in [0.25, 0.3) is 0 Å². The first-order valence-electron chi connectivity index (χ1n) is 4.75. The average Bonchev–Trinajstić information content (AvgIpc) is 2.07. The van der Waals surface area contributed by atoms with Crippen LogP contribution < -0.4 is 10.5 Å². The van der Waals surface area contributed by atoms with Crippen molar-refractivity contribution in [2.24, 2.45) is 5.92 Å². The minimum absolute atomic E-state index is 0.0220. The highest BCUT2D eigenvalue weighted by molar-refractivity contribution is 5.32. The number of aromatic nitrogens is 2. The van der Waals surface area contributed by atoms with Crippen LogP contribution in [0.3, 0.4) is 0 Å². The van der Waals surface area contributed by atoms with Gasteiger partial charge in [0.2, 0.25) is 0 Å². The third-order valence-electron chi connectivity index (χ3n) is 1.88. The van der Waals surface area contributed by atoms with Gasteiger partial charge in [0, 0.05) is 33.0 Å². The molecule has 4 heteroatoms. The van der Waals surface area contributed by atoms with Crippen LogP contribution in [0, 0.1) is 5.92 Å². The number of rotatable bonds is 3. The highest BCUT2D eigenvalue weighted by atomic mass is 16.1. The van der Waals surface area contributed by atoms with Crippen molar-refractivity contribution in [1.82, 2.24) is 9.55 Å². The largest absolute Gasteiger partial charge is 0.358 e. The van der Waals surface area contributed by atoms with Gasteiger partial charge in [-0.05, 0) is 5.92 Å². The number of anilines is 1. The molecule has 0 N–H and O–H groups in total. The van der Waals surface area contributed by atoms with E-state index in [9.17, 15) is 4.79 Å². The van der Waals surface area contributed by atoms with Gasteiger partial charge in [0.25, 0.3) is 5.56 Å². The molecule has 0 unspecified atom stereocenters. The smallest absolute Gasteiger partial charge is 0.293 e. The highest BCUT2D eigenvalue weighted by Gasteiger charge is 2.06. The zero-order chi connectivity index (χ0) is 10.7. The van der Waals surface area contributed by atoms with Crippen molar-refractivity contribution in [2.75, 3.05) is 19.0 Å². The first-order chi connectivity index (χ1) is 6.52. The SMILES string of the molecule is CC(C)Cn1ccnc(N(C)C)c1=O. The molecule has 78 valence electrons. The molecule has 0 aliphatic heterocycles. The fourth-order valence-electron chi connectivity index (χ4n) is 1.28. The quantitative estimate of drug-likeness (QED) is 0.721. The van der Waals surface area contributed by atoms with Gasteiger partial charge in [-0.25, -0.2) is 4.98 Å². The second-order valence-corrected chi connectivity index (χ2v) is 4.00. The summed E-state index contributed by atoms with van der Waals surface area (Å²) in [6.07, 6.45) is 3.40. The molecular formula is C10H17N3O. The van der Waals surface area contributed by atoms with Gasteiger partial charge in [-0.1, -0.05) is 13.8 Å². The van der Waals surface area contributed by atoms with Crippen LogP contribution in [0.15, 0.2) is 17.2 Å². The van der Waals surface area contributed by atoms with Crippen molar-refractivity contribution in [1.29, 1.82) is 0 Å². The Bertz CT molecular complexity index is 355. The normalized spacial score (nSPS) is 10.6. The Hall–Kier alpha value is -1.32. The predicted octanol–water partition coefficient (Wildman–Crippen LogP) is 0.965. The Balaban J connectivity index is 3.08. The molecule has 0 saturated carbocycles. The summed E-state index contributed by atoms with van der Waals surface area (Å²) in [5.41, 5.74) is -0.0220. The van der Waals surface area contributed by atoms with E-state index in [0.717, 1.165) is 6.54 Å². The van der Waals surface area contributed by atoms with Gasteiger partial charge in [-0.15, -0.1) is 0 Å². The van der Waals surface area contributed by atoms with Crippen molar-refractivity contribution in [3.8, 4) is 0 Å². The van der Waals surface area contributed by atoms with E-state index < -0.39 is 0 Å². The van der Waals surface area contributed by atoms with Gasteiger partial charge in [0.05, 0.1) is 0 Å². The van der Waals surface area contributed by atoms with Crippen LogP contribution >= 0.6 is 0 Å². The summed E-state index contributed by atoms with van der Waals surface area (Å²) in [5, 5.41) is 0. The minimum Gasteiger partial charge on any atom is -0.358 e. The molecule has 0 aromatic carbocycles. The molecule has 0 bridgehead atoms. The molecule has 0 aliphatic carbocycles. The summed E-state index contributed by atoms with van der Waals surface area (Å²) in [6.45, 7) is 4.91. The van der Waals surface area contributed by atoms with E-state index in [-0.39, 0.29) is 5.56 Å². The average molecular weight is 195 g/mol. The second kappa shape index (κ2) is 4.26. The third kappa shape index (κ3) is 2.34. The van der Waals surface area contributed by atoms with Crippen molar-refractivity contribution in [3.63, 3.8) is 0 Å². The van der Waals surface area contributed by atoms with Crippen LogP contribution in [-0.2, 0) is 6.54 Å². The molecule has 1 aromatic heterocycles. The van der Waals surface area contributed by atoms with Crippen LogP contribution in [0.1, 0.15) is 13.8 Å². The van der Waals surface area contributed by atoms with Gasteiger partial charge in [0.1, 0.15) is 0 Å². The van der Waals surface area contributed by atoms with E-state index in [4.69, 9.17) is 0 Å². The van der Waals surface area contributed by atoms with E-state index in [0.29, 0.717) is 11.7 Å². The topological polar surface area (TPSA) is 38.1 Å². The molecular weight excluding hydrogens is 178 g/mol. The number of hydrogen-bond donors (Lipinski definition) is 0. The van der Waals surface area contributed by atoms with Gasteiger partial charge in [0.15, 0.2) is 5.82 Å². The molecule has 0 radical (unpaired) electrons. The molecule has 0 fully saturated rings. The minimum atomic E-state index is -0.0220. The molecule has 0 spiro atoms. The lowest BCUT2D eigenvalue weighted by Crippen LogP contribution is -2.29. The zero-order valence-corrected chi connectivity index (χ0v) is 9.19. The Morgan fingerprint density at radius 2 is 2.14 bits per heavy atom. The molecule has 0 saturated heterocycles. The molecule has 1 aromatic rings. The first kappa shape index (κ1) is 10.8. The molecule has 1 heterocycles. The first-order valence-corrected chi connectivity index (χ1v) is 4.75. The Kier molecular flexibility index (Phi) is 3.28. The summed E-state index contributed by atoms with van der Waals surface area (Å²) in [4.78, 5) is 17.6. The van der Waals surface area contributed by atoms with Crippen molar-refractivity contribution in [3.05, 3.63) is 22.7 Å². The summed E-state index contributed by atoms with van der Waals surface area (Å²) in [7, 11) is 3.65. The molecule has 14 heavy (non-hydrogen) atoms.